The number of carbonyl (C=O) groups is 1. The third kappa shape index (κ3) is 7.96. The van der Waals surface area contributed by atoms with Crippen LogP contribution in [0.25, 0.3) is 0 Å². The maximum absolute atomic E-state index is 12.2. The van der Waals surface area contributed by atoms with Crippen molar-refractivity contribution in [3.63, 3.8) is 0 Å². The minimum atomic E-state index is -0.0583. The normalized spacial score (nSPS) is 22.3. The topological polar surface area (TPSA) is 47.6 Å². The Balaban J connectivity index is 1.77. The van der Waals surface area contributed by atoms with E-state index in [1.54, 1.807) is 0 Å². The van der Waals surface area contributed by atoms with Gasteiger partial charge in [-0.15, -0.1) is 0 Å². The Morgan fingerprint density at radius 2 is 1.42 bits per heavy atom. The fraction of sp³-hybridized carbons (Fsp3) is 0.955. The molecule has 0 saturated heterocycles. The maximum Gasteiger partial charge on any atom is 0.222 e. The molecule has 4 nitrogen and oxygen atoms in total. The summed E-state index contributed by atoms with van der Waals surface area (Å²) in [5.74, 6) is 1.46. The zero-order chi connectivity index (χ0) is 18.8. The molecule has 152 valence electrons. The minimum Gasteiger partial charge on any atom is -0.379 e. The predicted octanol–water partition coefficient (Wildman–Crippen LogP) is 4.71. The molecule has 2 unspecified atom stereocenters. The molecule has 0 aromatic carbocycles. The van der Waals surface area contributed by atoms with Gasteiger partial charge in [-0.3, -0.25) is 4.79 Å². The van der Waals surface area contributed by atoms with Crippen LogP contribution in [0.15, 0.2) is 0 Å². The van der Waals surface area contributed by atoms with Gasteiger partial charge >= 0.3 is 0 Å². The highest BCUT2D eigenvalue weighted by Gasteiger charge is 2.24. The van der Waals surface area contributed by atoms with E-state index in [0.29, 0.717) is 18.4 Å². The molecule has 0 heterocycles. The summed E-state index contributed by atoms with van der Waals surface area (Å²) in [7, 11) is 0. The smallest absolute Gasteiger partial charge is 0.222 e. The van der Waals surface area contributed by atoms with Crippen molar-refractivity contribution in [2.75, 3.05) is 19.8 Å². The molecule has 1 amide bonds. The van der Waals surface area contributed by atoms with Crippen molar-refractivity contribution in [1.82, 2.24) is 5.32 Å². The average molecular weight is 368 g/mol. The highest BCUT2D eigenvalue weighted by atomic mass is 16.5. The second-order valence-corrected chi connectivity index (χ2v) is 8.85. The van der Waals surface area contributed by atoms with Crippen molar-refractivity contribution in [2.24, 2.45) is 17.8 Å². The van der Waals surface area contributed by atoms with Gasteiger partial charge in [-0.25, -0.2) is 0 Å². The molecule has 0 aliphatic heterocycles. The number of carbonyl (C=O) groups excluding carboxylic acids is 1. The van der Waals surface area contributed by atoms with Crippen LogP contribution in [0.5, 0.6) is 0 Å². The van der Waals surface area contributed by atoms with Crippen LogP contribution in [-0.4, -0.2) is 37.9 Å². The van der Waals surface area contributed by atoms with Gasteiger partial charge in [0.1, 0.15) is 0 Å². The quantitative estimate of drug-likeness (QED) is 0.608. The van der Waals surface area contributed by atoms with E-state index < -0.39 is 0 Å². The molecule has 2 saturated carbocycles. The number of ether oxygens (including phenoxy) is 2. The summed E-state index contributed by atoms with van der Waals surface area (Å²) >= 11 is 0. The van der Waals surface area contributed by atoms with Gasteiger partial charge in [0.15, 0.2) is 0 Å². The fourth-order valence-corrected chi connectivity index (χ4v) is 4.12. The van der Waals surface area contributed by atoms with Gasteiger partial charge in [-0.05, 0) is 44.4 Å². The van der Waals surface area contributed by atoms with Crippen LogP contribution in [-0.2, 0) is 14.3 Å². The van der Waals surface area contributed by atoms with E-state index in [-0.39, 0.29) is 24.0 Å². The minimum absolute atomic E-state index is 0.00835. The summed E-state index contributed by atoms with van der Waals surface area (Å²) in [6, 6.07) is -0.0583. The maximum atomic E-state index is 12.2. The number of rotatable bonds is 10. The summed E-state index contributed by atoms with van der Waals surface area (Å²) in [5, 5.41) is 3.15. The van der Waals surface area contributed by atoms with Gasteiger partial charge < -0.3 is 14.8 Å². The lowest BCUT2D eigenvalue weighted by atomic mass is 9.90. The Hall–Kier alpha value is -0.610. The number of nitrogens with one attached hydrogen (secondary N) is 1. The highest BCUT2D eigenvalue weighted by Crippen LogP contribution is 2.25. The van der Waals surface area contributed by atoms with Crippen molar-refractivity contribution in [1.29, 1.82) is 0 Å². The van der Waals surface area contributed by atoms with E-state index in [1.807, 2.05) is 13.8 Å². The third-order valence-corrected chi connectivity index (χ3v) is 6.11. The molecular weight excluding hydrogens is 326 g/mol. The molecule has 0 aromatic rings. The average Bonchev–Trinajstić information content (AvgIpc) is 2.66. The zero-order valence-electron chi connectivity index (χ0n) is 17.3. The van der Waals surface area contributed by atoms with Gasteiger partial charge in [-0.1, -0.05) is 52.4 Å². The molecule has 0 radical (unpaired) electrons. The molecule has 2 rings (SSSR count). The van der Waals surface area contributed by atoms with Crippen LogP contribution in [0.3, 0.4) is 0 Å². The summed E-state index contributed by atoms with van der Waals surface area (Å²) in [4.78, 5) is 12.2. The van der Waals surface area contributed by atoms with Gasteiger partial charge in [0.05, 0.1) is 18.8 Å². The van der Waals surface area contributed by atoms with E-state index in [2.05, 4.69) is 12.2 Å². The Morgan fingerprint density at radius 3 is 1.96 bits per heavy atom. The lowest BCUT2D eigenvalue weighted by molar-refractivity contribution is -0.127. The fourth-order valence-electron chi connectivity index (χ4n) is 4.12. The van der Waals surface area contributed by atoms with Crippen molar-refractivity contribution in [3.05, 3.63) is 0 Å². The molecular formula is C22H41NO3. The summed E-state index contributed by atoms with van der Waals surface area (Å²) in [6.45, 7) is 8.14. The second-order valence-electron chi connectivity index (χ2n) is 8.85. The third-order valence-electron chi connectivity index (χ3n) is 6.11. The Morgan fingerprint density at radius 1 is 0.885 bits per heavy atom. The number of hydrogen-bond donors (Lipinski definition) is 1. The molecule has 1 N–H and O–H groups in total. The Labute approximate surface area is 160 Å². The summed E-state index contributed by atoms with van der Waals surface area (Å²) in [5.41, 5.74) is 0. The van der Waals surface area contributed by atoms with Crippen LogP contribution < -0.4 is 5.32 Å². The van der Waals surface area contributed by atoms with E-state index in [1.165, 1.54) is 64.2 Å². The van der Waals surface area contributed by atoms with Crippen LogP contribution in [0.4, 0.5) is 0 Å². The molecule has 26 heavy (non-hydrogen) atoms. The molecule has 2 aliphatic carbocycles. The molecule has 0 spiro atoms. The number of amides is 1. The molecule has 0 bridgehead atoms. The first-order valence-electron chi connectivity index (χ1n) is 11.1. The van der Waals surface area contributed by atoms with Crippen LogP contribution in [0.2, 0.25) is 0 Å². The number of hydrogen-bond acceptors (Lipinski definition) is 3. The highest BCUT2D eigenvalue weighted by molar-refractivity contribution is 5.78. The van der Waals surface area contributed by atoms with E-state index in [0.717, 1.165) is 13.2 Å². The van der Waals surface area contributed by atoms with Crippen LogP contribution >= 0.6 is 0 Å². The predicted molar refractivity (Wildman–Crippen MR) is 106 cm³/mol. The Bertz CT molecular complexity index is 387. The lowest BCUT2D eigenvalue weighted by Gasteiger charge is -2.30. The van der Waals surface area contributed by atoms with E-state index in [9.17, 15) is 4.79 Å². The van der Waals surface area contributed by atoms with E-state index in [4.69, 9.17) is 9.47 Å². The molecule has 4 heteroatoms. The van der Waals surface area contributed by atoms with Crippen LogP contribution in [0, 0.1) is 17.8 Å². The molecule has 0 aromatic heterocycles. The second kappa shape index (κ2) is 12.0. The molecule has 2 fully saturated rings. The SMILES string of the molecule is CC(C)C(=O)NC(COCC1CCCCC1)C(C)OCC1CCCCC1. The van der Waals surface area contributed by atoms with Gasteiger partial charge in [0, 0.05) is 19.1 Å². The first-order valence-corrected chi connectivity index (χ1v) is 11.1. The largest absolute Gasteiger partial charge is 0.379 e. The lowest BCUT2D eigenvalue weighted by Crippen LogP contribution is -2.48. The van der Waals surface area contributed by atoms with Crippen molar-refractivity contribution in [3.8, 4) is 0 Å². The van der Waals surface area contributed by atoms with Crippen molar-refractivity contribution < 1.29 is 14.3 Å². The Kier molecular flexibility index (Phi) is 9.98. The first-order chi connectivity index (χ1) is 12.6. The standard InChI is InChI=1S/C22H41NO3/c1-17(2)22(24)23-21(16-25-14-19-10-6-4-7-11-19)18(3)26-15-20-12-8-5-9-13-20/h17-21H,4-16H2,1-3H3,(H,23,24). The molecule has 2 atom stereocenters. The summed E-state index contributed by atoms with van der Waals surface area (Å²) < 4.78 is 12.2. The summed E-state index contributed by atoms with van der Waals surface area (Å²) in [6.07, 6.45) is 13.2. The van der Waals surface area contributed by atoms with Crippen LogP contribution in [0.1, 0.15) is 85.0 Å². The first kappa shape index (κ1) is 21.7. The van der Waals surface area contributed by atoms with Gasteiger partial charge in [-0.2, -0.15) is 0 Å². The zero-order valence-corrected chi connectivity index (χ0v) is 17.3. The van der Waals surface area contributed by atoms with Crippen molar-refractivity contribution >= 4 is 5.91 Å². The van der Waals surface area contributed by atoms with Gasteiger partial charge in [0.2, 0.25) is 5.91 Å². The van der Waals surface area contributed by atoms with E-state index >= 15 is 0 Å². The van der Waals surface area contributed by atoms with Gasteiger partial charge in [0.25, 0.3) is 0 Å². The van der Waals surface area contributed by atoms with Crippen molar-refractivity contribution in [2.45, 2.75) is 97.1 Å². The molecule has 2 aliphatic rings. The monoisotopic (exact) mass is 367 g/mol.